The molecule has 3 aromatic carbocycles. The molecule has 5 aromatic rings. The number of aliphatic hydroxyl groups is 1. The van der Waals surface area contributed by atoms with Gasteiger partial charge < -0.3 is 45.6 Å². The third-order valence-electron chi connectivity index (χ3n) is 12.9. The Labute approximate surface area is 434 Å². The molecule has 5 N–H and O–H groups in total. The number of β-amino-alcohol motifs (C(OH)–C–C–N with tert-alkyl or cyclic N) is 1. The highest BCUT2D eigenvalue weighted by molar-refractivity contribution is 7.13. The van der Waals surface area contributed by atoms with Gasteiger partial charge in [0.2, 0.25) is 17.7 Å². The zero-order valence-electron chi connectivity index (χ0n) is 41.8. The molecule has 0 bridgehead atoms. The summed E-state index contributed by atoms with van der Waals surface area (Å²) in [4.78, 5) is 76.1. The topological polar surface area (TPSA) is 207 Å². The molecule has 2 aromatic heterocycles. The number of benzene rings is 3. The van der Waals surface area contributed by atoms with Gasteiger partial charge in [0.1, 0.15) is 51.6 Å². The van der Waals surface area contributed by atoms with Crippen molar-refractivity contribution in [1.82, 2.24) is 35.4 Å². The van der Waals surface area contributed by atoms with E-state index in [1.54, 1.807) is 24.5 Å². The molecule has 18 nitrogen and oxygen atoms in total. The lowest BCUT2D eigenvalue weighted by Crippen LogP contribution is -2.57. The molecule has 72 heavy (non-hydrogen) atoms. The van der Waals surface area contributed by atoms with Crippen molar-refractivity contribution < 1.29 is 33.8 Å². The monoisotopic (exact) mass is 1040 g/mol. The minimum Gasteiger partial charge on any atom is -0.495 e. The van der Waals surface area contributed by atoms with Gasteiger partial charge in [-0.2, -0.15) is 0 Å². The molecule has 4 atom stereocenters. The van der Waals surface area contributed by atoms with Crippen molar-refractivity contribution in [3.8, 4) is 21.9 Å². The van der Waals surface area contributed by atoms with Crippen LogP contribution in [-0.2, 0) is 14.4 Å². The number of nitrogens with one attached hydrogen (secondary N) is 4. The highest BCUT2D eigenvalue weighted by atomic mass is 35.5. The van der Waals surface area contributed by atoms with Gasteiger partial charge in [0.05, 0.1) is 48.1 Å². The summed E-state index contributed by atoms with van der Waals surface area (Å²) in [5.74, 6) is 0.376. The van der Waals surface area contributed by atoms with Gasteiger partial charge >= 0.3 is 6.03 Å². The fourth-order valence-corrected chi connectivity index (χ4v) is 10.1. The maximum Gasteiger partial charge on any atom is 0.327 e. The van der Waals surface area contributed by atoms with Crippen molar-refractivity contribution >= 4 is 87.0 Å². The lowest BCUT2D eigenvalue weighted by atomic mass is 9.85. The quantitative estimate of drug-likeness (QED) is 0.0601. The Kier molecular flexibility index (Phi) is 17.5. The zero-order chi connectivity index (χ0) is 51.9. The van der Waals surface area contributed by atoms with Crippen LogP contribution in [0, 0.1) is 12.3 Å². The molecule has 2 aliphatic rings. The van der Waals surface area contributed by atoms with Crippen LogP contribution in [-0.4, -0.2) is 132 Å². The van der Waals surface area contributed by atoms with E-state index in [4.69, 9.17) is 32.7 Å². The van der Waals surface area contributed by atoms with E-state index >= 15 is 0 Å². The van der Waals surface area contributed by atoms with Gasteiger partial charge in [0.15, 0.2) is 0 Å². The molecule has 4 heterocycles. The van der Waals surface area contributed by atoms with Crippen LogP contribution in [0.4, 0.5) is 33.5 Å². The van der Waals surface area contributed by atoms with Crippen molar-refractivity contribution in [2.45, 2.75) is 78.1 Å². The maximum atomic E-state index is 14.2. The minimum absolute atomic E-state index is 0.00634. The number of hydrogen-bond acceptors (Lipinski definition) is 14. The Hall–Kier alpha value is -6.25. The number of rotatable bonds is 17. The third-order valence-corrected chi connectivity index (χ3v) is 14.7. The van der Waals surface area contributed by atoms with Crippen molar-refractivity contribution in [2.75, 3.05) is 81.0 Å². The van der Waals surface area contributed by atoms with E-state index in [1.807, 2.05) is 88.7 Å². The second kappa shape index (κ2) is 23.5. The molecule has 21 heteroatoms. The van der Waals surface area contributed by atoms with E-state index in [0.29, 0.717) is 18.1 Å². The van der Waals surface area contributed by atoms with Gasteiger partial charge in [-0.05, 0) is 67.6 Å². The zero-order valence-corrected chi connectivity index (χ0v) is 44.1. The molecule has 0 saturated carbocycles. The molecule has 7 rings (SSSR count). The van der Waals surface area contributed by atoms with Crippen LogP contribution in [0.5, 0.6) is 11.5 Å². The highest BCUT2D eigenvalue weighted by Crippen LogP contribution is 2.44. The first kappa shape index (κ1) is 53.5. The van der Waals surface area contributed by atoms with E-state index in [2.05, 4.69) is 46.0 Å². The number of aryl methyl sites for hydroxylation is 1. The number of amides is 5. The number of methoxy groups -OCH3 is 2. The average molecular weight is 1050 g/mol. The predicted molar refractivity (Wildman–Crippen MR) is 283 cm³/mol. The number of piperazine rings is 1. The second-order valence-electron chi connectivity index (χ2n) is 19.0. The fourth-order valence-electron chi connectivity index (χ4n) is 8.73. The van der Waals surface area contributed by atoms with Crippen LogP contribution < -0.4 is 40.5 Å². The number of anilines is 5. The van der Waals surface area contributed by atoms with E-state index < -0.39 is 29.6 Å². The molecular formula is C51H63Cl2N11O7S. The Morgan fingerprint density at radius 3 is 2.19 bits per heavy atom. The number of carbonyl (C=O) groups is 4. The Morgan fingerprint density at radius 2 is 1.58 bits per heavy atom. The number of halogens is 2. The first-order valence-corrected chi connectivity index (χ1v) is 25.4. The van der Waals surface area contributed by atoms with Crippen LogP contribution in [0.1, 0.15) is 64.3 Å². The summed E-state index contributed by atoms with van der Waals surface area (Å²) in [6.45, 7) is 13.5. The van der Waals surface area contributed by atoms with Gasteiger partial charge in [-0.25, -0.2) is 19.7 Å². The smallest absolute Gasteiger partial charge is 0.327 e. The summed E-state index contributed by atoms with van der Waals surface area (Å²) < 4.78 is 10.6. The van der Waals surface area contributed by atoms with E-state index in [9.17, 15) is 24.3 Å². The largest absolute Gasteiger partial charge is 0.495 e. The molecule has 2 fully saturated rings. The summed E-state index contributed by atoms with van der Waals surface area (Å²) in [5.41, 5.74) is 6.08. The van der Waals surface area contributed by atoms with Crippen LogP contribution >= 0.6 is 34.5 Å². The first-order valence-electron chi connectivity index (χ1n) is 23.7. The number of ether oxygens (including phenoxy) is 2. The Morgan fingerprint density at radius 1 is 0.917 bits per heavy atom. The molecule has 5 amide bonds. The van der Waals surface area contributed by atoms with Gasteiger partial charge in [-0.1, -0.05) is 68.2 Å². The van der Waals surface area contributed by atoms with Crippen LogP contribution in [0.25, 0.3) is 10.4 Å². The molecule has 0 aliphatic carbocycles. The number of thiazole rings is 1. The van der Waals surface area contributed by atoms with Gasteiger partial charge in [0, 0.05) is 76.1 Å². The predicted octanol–water partition coefficient (Wildman–Crippen LogP) is 7.92. The van der Waals surface area contributed by atoms with Gasteiger partial charge in [-0.15, -0.1) is 11.3 Å². The molecule has 0 spiro atoms. The van der Waals surface area contributed by atoms with Crippen molar-refractivity contribution in [1.29, 1.82) is 0 Å². The minimum atomic E-state index is -0.896. The number of urea groups is 1. The van der Waals surface area contributed by atoms with Crippen LogP contribution in [0.15, 0.2) is 72.5 Å². The number of likely N-dealkylation sites (tertiary alicyclic amines) is 1. The lowest BCUT2D eigenvalue weighted by Gasteiger charge is -2.36. The van der Waals surface area contributed by atoms with Crippen molar-refractivity contribution in [2.24, 2.45) is 5.41 Å². The number of nitrogens with zero attached hydrogens (tertiary/aromatic N) is 7. The second-order valence-corrected chi connectivity index (χ2v) is 20.6. The summed E-state index contributed by atoms with van der Waals surface area (Å²) in [6.07, 6.45) is 1.45. The van der Waals surface area contributed by atoms with E-state index in [1.165, 1.54) is 36.4 Å². The lowest BCUT2D eigenvalue weighted by molar-refractivity contribution is -0.144. The SMILES string of the molecule is COc1cc(OC)c(Cl)c(NC(=O)N(C)c2cc(Nc3ccc(N4CCN(CCCC(=O)N[C@H](C(=O)N5C[C@H](O)C[C@H]5C(=O)N[C@H](C)c5ccc(-c6scnc6C)cc5)C(C)(C)C)CC4)cc3)ncn2)c1Cl. The normalized spacial score (nSPS) is 16.9. The van der Waals surface area contributed by atoms with Gasteiger partial charge in [-0.3, -0.25) is 24.2 Å². The maximum absolute atomic E-state index is 14.2. The summed E-state index contributed by atoms with van der Waals surface area (Å²) in [7, 11) is 4.44. The Balaban J connectivity index is 0.854. The number of aromatic nitrogens is 3. The molecule has 384 valence electrons. The average Bonchev–Trinajstić information content (AvgIpc) is 3.99. The summed E-state index contributed by atoms with van der Waals surface area (Å²) >= 11 is 14.5. The van der Waals surface area contributed by atoms with Crippen molar-refractivity contribution in [3.63, 3.8) is 0 Å². The molecule has 0 unspecified atom stereocenters. The summed E-state index contributed by atoms with van der Waals surface area (Å²) in [6, 6.07) is 16.5. The Bertz CT molecular complexity index is 2690. The van der Waals surface area contributed by atoms with E-state index in [0.717, 1.165) is 65.8 Å². The van der Waals surface area contributed by atoms with Crippen LogP contribution in [0.3, 0.4) is 0 Å². The standard InChI is InChI=1S/C51H63Cl2N11O7S/c1-30(32-11-13-33(14-12-32)46-31(2)56-29-72-46)57-48(67)37-24-36(65)27-64(37)49(68)47(51(3,4)5)59-42(66)10-9-19-62-20-22-63(23-21-62)35-17-15-34(16-18-35)58-40-26-41(55-28-54-40)61(6)50(69)60-45-43(52)38(70-7)25-39(71-8)44(45)53/h11-18,25-26,28-30,36-37,47,65H,9-10,19-24,27H2,1-8H3,(H,57,67)(H,59,66)(H,60,69)(H,54,55,58)/t30-,36-,37+,47-/m1/s1. The molecule has 2 aliphatic heterocycles. The van der Waals surface area contributed by atoms with Gasteiger partial charge in [0.25, 0.3) is 0 Å². The number of aliphatic hydroxyl groups excluding tert-OH is 1. The molecular weight excluding hydrogens is 982 g/mol. The van der Waals surface area contributed by atoms with Crippen LogP contribution in [0.2, 0.25) is 10.0 Å². The third kappa shape index (κ3) is 12.9. The number of hydrogen-bond donors (Lipinski definition) is 5. The number of carbonyl (C=O) groups excluding carboxylic acids is 4. The highest BCUT2D eigenvalue weighted by Gasteiger charge is 2.44. The van der Waals surface area contributed by atoms with E-state index in [-0.39, 0.29) is 70.4 Å². The summed E-state index contributed by atoms with van der Waals surface area (Å²) in [5, 5.41) is 23.0. The molecule has 0 radical (unpaired) electrons. The fraction of sp³-hybridized carbons (Fsp3) is 0.431. The van der Waals surface area contributed by atoms with Crippen molar-refractivity contribution in [3.05, 3.63) is 93.8 Å². The molecule has 2 saturated heterocycles. The first-order chi connectivity index (χ1) is 34.3.